The fraction of sp³-hybridized carbons (Fsp3) is 0.800. The summed E-state index contributed by atoms with van der Waals surface area (Å²) in [6, 6.07) is 0.317. The van der Waals surface area contributed by atoms with Crippen LogP contribution >= 0.6 is 0 Å². The molecule has 110 valence electrons. The lowest BCUT2D eigenvalue weighted by Gasteiger charge is -2.26. The van der Waals surface area contributed by atoms with Gasteiger partial charge < -0.3 is 10.1 Å². The highest BCUT2D eigenvalue weighted by molar-refractivity contribution is 5.29. The van der Waals surface area contributed by atoms with Crippen molar-refractivity contribution in [1.82, 2.24) is 15.1 Å². The van der Waals surface area contributed by atoms with Crippen LogP contribution in [0.4, 0.5) is 0 Å². The molecule has 0 bridgehead atoms. The highest BCUT2D eigenvalue weighted by atomic mass is 16.5. The summed E-state index contributed by atoms with van der Waals surface area (Å²) >= 11 is 0. The van der Waals surface area contributed by atoms with E-state index in [1.54, 1.807) is 7.11 Å². The maximum absolute atomic E-state index is 5.49. The first-order valence-electron chi connectivity index (χ1n) is 7.52. The Kier molecular flexibility index (Phi) is 6.92. The first kappa shape index (κ1) is 16.0. The van der Waals surface area contributed by atoms with Crippen LogP contribution in [0, 0.1) is 5.92 Å². The number of hydrogen-bond donors (Lipinski definition) is 1. The van der Waals surface area contributed by atoms with Gasteiger partial charge in [-0.2, -0.15) is 5.10 Å². The maximum Gasteiger partial charge on any atom is 0.161 e. The van der Waals surface area contributed by atoms with Gasteiger partial charge in [0.15, 0.2) is 5.75 Å². The number of methoxy groups -OCH3 is 1. The monoisotopic (exact) mass is 267 g/mol. The van der Waals surface area contributed by atoms with Gasteiger partial charge in [0.05, 0.1) is 25.0 Å². The first-order valence-corrected chi connectivity index (χ1v) is 7.52. The van der Waals surface area contributed by atoms with Crippen molar-refractivity contribution in [2.75, 3.05) is 13.7 Å². The molecule has 0 aliphatic carbocycles. The van der Waals surface area contributed by atoms with E-state index in [1.807, 2.05) is 6.20 Å². The van der Waals surface area contributed by atoms with Crippen LogP contribution in [0.5, 0.6) is 5.75 Å². The highest BCUT2D eigenvalue weighted by Crippen LogP contribution is 2.32. The molecule has 0 saturated carbocycles. The van der Waals surface area contributed by atoms with E-state index in [0.29, 0.717) is 12.0 Å². The summed E-state index contributed by atoms with van der Waals surface area (Å²) in [4.78, 5) is 0. The Hall–Kier alpha value is -1.03. The fourth-order valence-corrected chi connectivity index (χ4v) is 2.59. The predicted octanol–water partition coefficient (Wildman–Crippen LogP) is 3.39. The summed E-state index contributed by atoms with van der Waals surface area (Å²) in [5, 5.41) is 8.09. The second kappa shape index (κ2) is 8.20. The van der Waals surface area contributed by atoms with E-state index in [2.05, 4.69) is 42.8 Å². The third-order valence-electron chi connectivity index (χ3n) is 3.59. The Balaban J connectivity index is 3.03. The Morgan fingerprint density at radius 1 is 1.32 bits per heavy atom. The summed E-state index contributed by atoms with van der Waals surface area (Å²) in [5.41, 5.74) is 1.19. The van der Waals surface area contributed by atoms with Gasteiger partial charge in [0, 0.05) is 6.54 Å². The molecule has 4 nitrogen and oxygen atoms in total. The summed E-state index contributed by atoms with van der Waals surface area (Å²) in [5.74, 6) is 1.48. The molecule has 0 fully saturated rings. The van der Waals surface area contributed by atoms with Crippen LogP contribution in [0.15, 0.2) is 6.20 Å². The number of aromatic nitrogens is 2. The molecular weight excluding hydrogens is 238 g/mol. The van der Waals surface area contributed by atoms with E-state index in [1.165, 1.54) is 18.5 Å². The molecule has 0 saturated heterocycles. The summed E-state index contributed by atoms with van der Waals surface area (Å²) < 4.78 is 7.55. The predicted molar refractivity (Wildman–Crippen MR) is 79.6 cm³/mol. The topological polar surface area (TPSA) is 39.1 Å². The molecule has 1 aromatic rings. The van der Waals surface area contributed by atoms with Crippen molar-refractivity contribution in [3.05, 3.63) is 11.9 Å². The molecule has 19 heavy (non-hydrogen) atoms. The molecule has 1 N–H and O–H groups in total. The minimum atomic E-state index is 0.317. The van der Waals surface area contributed by atoms with E-state index in [4.69, 9.17) is 4.74 Å². The maximum atomic E-state index is 5.49. The van der Waals surface area contributed by atoms with Crippen molar-refractivity contribution in [3.63, 3.8) is 0 Å². The first-order chi connectivity index (χ1) is 9.19. The molecule has 0 amide bonds. The van der Waals surface area contributed by atoms with Crippen molar-refractivity contribution in [1.29, 1.82) is 0 Å². The lowest BCUT2D eigenvalue weighted by atomic mass is 9.93. The molecule has 1 heterocycles. The second-order valence-electron chi connectivity index (χ2n) is 5.11. The lowest BCUT2D eigenvalue weighted by Crippen LogP contribution is -2.30. The molecular formula is C15H29N3O. The highest BCUT2D eigenvalue weighted by Gasteiger charge is 2.25. The van der Waals surface area contributed by atoms with Gasteiger partial charge in [-0.1, -0.05) is 27.2 Å². The fourth-order valence-electron chi connectivity index (χ4n) is 2.59. The van der Waals surface area contributed by atoms with Crippen LogP contribution in [0.3, 0.4) is 0 Å². The number of ether oxygens (including phenoxy) is 1. The second-order valence-corrected chi connectivity index (χ2v) is 5.11. The number of rotatable bonds is 9. The van der Waals surface area contributed by atoms with Gasteiger partial charge in [-0.05, 0) is 32.2 Å². The molecule has 1 aromatic heterocycles. The largest absolute Gasteiger partial charge is 0.493 e. The molecule has 0 aromatic carbocycles. The molecule has 0 radical (unpaired) electrons. The average Bonchev–Trinajstić information content (AvgIpc) is 2.82. The Bertz CT molecular complexity index is 341. The van der Waals surface area contributed by atoms with Gasteiger partial charge in [-0.25, -0.2) is 0 Å². The van der Waals surface area contributed by atoms with Gasteiger partial charge in [0.1, 0.15) is 0 Å². The van der Waals surface area contributed by atoms with Crippen molar-refractivity contribution >= 4 is 0 Å². The SMILES string of the molecule is CCCNC(c1c(OC)cnn1CC)C(C)CCC. The molecule has 4 heteroatoms. The van der Waals surface area contributed by atoms with Gasteiger partial charge in [-0.15, -0.1) is 0 Å². The zero-order valence-electron chi connectivity index (χ0n) is 13.1. The van der Waals surface area contributed by atoms with Gasteiger partial charge in [0.2, 0.25) is 0 Å². The smallest absolute Gasteiger partial charge is 0.161 e. The molecule has 0 aliphatic rings. The van der Waals surface area contributed by atoms with E-state index in [0.717, 1.165) is 25.3 Å². The Labute approximate surface area is 117 Å². The zero-order valence-corrected chi connectivity index (χ0v) is 13.1. The van der Waals surface area contributed by atoms with E-state index in [-0.39, 0.29) is 0 Å². The third-order valence-corrected chi connectivity index (χ3v) is 3.59. The van der Waals surface area contributed by atoms with E-state index in [9.17, 15) is 0 Å². The summed E-state index contributed by atoms with van der Waals surface area (Å²) in [7, 11) is 1.72. The van der Waals surface area contributed by atoms with Crippen molar-refractivity contribution in [2.24, 2.45) is 5.92 Å². The zero-order chi connectivity index (χ0) is 14.3. The minimum Gasteiger partial charge on any atom is -0.493 e. The quantitative estimate of drug-likeness (QED) is 0.745. The van der Waals surface area contributed by atoms with Crippen LogP contribution in [-0.4, -0.2) is 23.4 Å². The van der Waals surface area contributed by atoms with Gasteiger partial charge >= 0.3 is 0 Å². The molecule has 1 rings (SSSR count). The number of nitrogens with zero attached hydrogens (tertiary/aromatic N) is 2. The van der Waals surface area contributed by atoms with Crippen LogP contribution in [0.1, 0.15) is 58.7 Å². The summed E-state index contributed by atoms with van der Waals surface area (Å²) in [6.07, 6.45) is 5.38. The standard InChI is InChI=1S/C15H29N3O/c1-6-9-12(4)14(16-10-7-2)15-13(19-5)11-17-18(15)8-3/h11-12,14,16H,6-10H2,1-5H3. The van der Waals surface area contributed by atoms with Crippen molar-refractivity contribution in [2.45, 2.75) is 59.5 Å². The molecule has 2 unspecified atom stereocenters. The van der Waals surface area contributed by atoms with Crippen LogP contribution in [0.2, 0.25) is 0 Å². The van der Waals surface area contributed by atoms with Crippen molar-refractivity contribution < 1.29 is 4.74 Å². The third kappa shape index (κ3) is 3.96. The van der Waals surface area contributed by atoms with Gasteiger partial charge in [-0.3, -0.25) is 4.68 Å². The van der Waals surface area contributed by atoms with Crippen LogP contribution in [0.25, 0.3) is 0 Å². The average molecular weight is 267 g/mol. The van der Waals surface area contributed by atoms with E-state index >= 15 is 0 Å². The van der Waals surface area contributed by atoms with Crippen LogP contribution < -0.4 is 10.1 Å². The number of nitrogens with one attached hydrogen (secondary N) is 1. The van der Waals surface area contributed by atoms with Gasteiger partial charge in [0.25, 0.3) is 0 Å². The van der Waals surface area contributed by atoms with Crippen LogP contribution in [-0.2, 0) is 6.54 Å². The molecule has 2 atom stereocenters. The number of aryl methyl sites for hydroxylation is 1. The lowest BCUT2D eigenvalue weighted by molar-refractivity contribution is 0.325. The Morgan fingerprint density at radius 2 is 2.05 bits per heavy atom. The normalized spacial score (nSPS) is 14.4. The number of hydrogen-bond acceptors (Lipinski definition) is 3. The van der Waals surface area contributed by atoms with Crippen molar-refractivity contribution in [3.8, 4) is 5.75 Å². The Morgan fingerprint density at radius 3 is 2.58 bits per heavy atom. The van der Waals surface area contributed by atoms with E-state index < -0.39 is 0 Å². The molecule has 0 aliphatic heterocycles. The minimum absolute atomic E-state index is 0.317. The molecule has 0 spiro atoms. The summed E-state index contributed by atoms with van der Waals surface area (Å²) in [6.45, 7) is 10.8.